The number of benzene rings is 2. The second-order valence-corrected chi connectivity index (χ2v) is 7.70. The van der Waals surface area contributed by atoms with E-state index in [4.69, 9.17) is 4.74 Å². The van der Waals surface area contributed by atoms with E-state index < -0.39 is 0 Å². The van der Waals surface area contributed by atoms with E-state index in [2.05, 4.69) is 64.6 Å². The molecule has 3 aromatic rings. The van der Waals surface area contributed by atoms with Crippen LogP contribution in [0, 0.1) is 0 Å². The third kappa shape index (κ3) is 3.99. The molecule has 0 saturated carbocycles. The van der Waals surface area contributed by atoms with Crippen LogP contribution in [-0.2, 0) is 35.5 Å². The predicted octanol–water partition coefficient (Wildman–Crippen LogP) is 4.36. The van der Waals surface area contributed by atoms with Gasteiger partial charge in [0, 0.05) is 42.3 Å². The number of esters is 1. The number of nitrogens with zero attached hydrogens (tertiary/aromatic N) is 2. The Morgan fingerprint density at radius 1 is 1.21 bits per heavy atom. The molecule has 1 aromatic heterocycles. The van der Waals surface area contributed by atoms with Gasteiger partial charge in [-0.3, -0.25) is 9.69 Å². The van der Waals surface area contributed by atoms with E-state index in [0.717, 1.165) is 38.0 Å². The summed E-state index contributed by atoms with van der Waals surface area (Å²) in [5.41, 5.74) is 4.95. The van der Waals surface area contributed by atoms with Gasteiger partial charge < -0.3 is 9.30 Å². The number of aromatic nitrogens is 1. The van der Waals surface area contributed by atoms with Gasteiger partial charge in [-0.2, -0.15) is 0 Å². The zero-order valence-corrected chi connectivity index (χ0v) is 17.0. The molecule has 0 amide bonds. The summed E-state index contributed by atoms with van der Waals surface area (Å²) >= 11 is 0. The van der Waals surface area contributed by atoms with Crippen LogP contribution in [0.2, 0.25) is 0 Å². The summed E-state index contributed by atoms with van der Waals surface area (Å²) in [7, 11) is 1.46. The summed E-state index contributed by atoms with van der Waals surface area (Å²) in [5.74, 6) is -0.177. The zero-order valence-electron chi connectivity index (χ0n) is 17.0. The molecule has 4 nitrogen and oxygen atoms in total. The van der Waals surface area contributed by atoms with Crippen molar-refractivity contribution in [3.8, 4) is 0 Å². The van der Waals surface area contributed by atoms with Crippen molar-refractivity contribution in [2.45, 2.75) is 38.4 Å². The molecule has 0 saturated heterocycles. The van der Waals surface area contributed by atoms with Gasteiger partial charge in [0.25, 0.3) is 0 Å². The normalized spacial score (nSPS) is 16.0. The first-order valence-corrected chi connectivity index (χ1v) is 10.3. The number of ether oxygens (including phenoxy) is 1. The Hall–Kier alpha value is -2.85. The maximum absolute atomic E-state index is 12.0. The third-order valence-electron chi connectivity index (χ3n) is 5.96. The molecule has 4 rings (SSSR count). The van der Waals surface area contributed by atoms with Gasteiger partial charge in [0.2, 0.25) is 0 Å². The SMILES string of the molecule is C=CCN(Cc1ccccc1)C1CCc2c(CC(=O)OC)c3ccccc3n2C1. The second-order valence-electron chi connectivity index (χ2n) is 7.70. The highest BCUT2D eigenvalue weighted by Gasteiger charge is 2.28. The van der Waals surface area contributed by atoms with E-state index in [1.165, 1.54) is 29.3 Å². The molecule has 0 aliphatic carbocycles. The van der Waals surface area contributed by atoms with Crippen LogP contribution in [-0.4, -0.2) is 35.1 Å². The van der Waals surface area contributed by atoms with Gasteiger partial charge in [-0.25, -0.2) is 0 Å². The van der Waals surface area contributed by atoms with E-state index in [-0.39, 0.29) is 5.97 Å². The molecule has 4 heteroatoms. The molecule has 0 bridgehead atoms. The minimum Gasteiger partial charge on any atom is -0.469 e. The number of hydrogen-bond acceptors (Lipinski definition) is 3. The molecule has 150 valence electrons. The Morgan fingerprint density at radius 2 is 1.97 bits per heavy atom. The number of carbonyl (C=O) groups excluding carboxylic acids is 1. The Morgan fingerprint density at radius 3 is 2.72 bits per heavy atom. The van der Waals surface area contributed by atoms with Crippen LogP contribution in [0.1, 0.15) is 23.2 Å². The fourth-order valence-corrected chi connectivity index (χ4v) is 4.57. The van der Waals surface area contributed by atoms with E-state index >= 15 is 0 Å². The van der Waals surface area contributed by atoms with Crippen LogP contribution in [0.5, 0.6) is 0 Å². The topological polar surface area (TPSA) is 34.5 Å². The minimum atomic E-state index is -0.177. The van der Waals surface area contributed by atoms with Crippen LogP contribution in [0.3, 0.4) is 0 Å². The summed E-state index contributed by atoms with van der Waals surface area (Å²) < 4.78 is 7.37. The van der Waals surface area contributed by atoms with Crippen LogP contribution in [0.4, 0.5) is 0 Å². The predicted molar refractivity (Wildman–Crippen MR) is 117 cm³/mol. The molecule has 2 aromatic carbocycles. The molecule has 1 atom stereocenters. The second kappa shape index (κ2) is 8.66. The van der Waals surface area contributed by atoms with Gasteiger partial charge >= 0.3 is 5.97 Å². The average molecular weight is 389 g/mol. The van der Waals surface area contributed by atoms with Crippen LogP contribution < -0.4 is 0 Å². The zero-order chi connectivity index (χ0) is 20.2. The monoisotopic (exact) mass is 388 g/mol. The van der Waals surface area contributed by atoms with Gasteiger partial charge in [0.05, 0.1) is 13.5 Å². The average Bonchev–Trinajstić information content (AvgIpc) is 3.07. The van der Waals surface area contributed by atoms with Crippen LogP contribution in [0.15, 0.2) is 67.3 Å². The van der Waals surface area contributed by atoms with Crippen molar-refractivity contribution < 1.29 is 9.53 Å². The highest BCUT2D eigenvalue weighted by molar-refractivity contribution is 5.89. The molecule has 29 heavy (non-hydrogen) atoms. The van der Waals surface area contributed by atoms with E-state index in [9.17, 15) is 4.79 Å². The molecule has 1 unspecified atom stereocenters. The van der Waals surface area contributed by atoms with Crippen LogP contribution >= 0.6 is 0 Å². The van der Waals surface area contributed by atoms with Gasteiger partial charge in [-0.1, -0.05) is 54.6 Å². The molecule has 0 radical (unpaired) electrons. The van der Waals surface area contributed by atoms with Gasteiger partial charge in [-0.15, -0.1) is 6.58 Å². The van der Waals surface area contributed by atoms with Crippen LogP contribution in [0.25, 0.3) is 10.9 Å². The largest absolute Gasteiger partial charge is 0.469 e. The number of fused-ring (bicyclic) bond motifs is 3. The van der Waals surface area contributed by atoms with Crippen molar-refractivity contribution in [3.05, 3.63) is 84.1 Å². The molecule has 0 spiro atoms. The summed E-state index contributed by atoms with van der Waals surface area (Å²) in [6, 6.07) is 19.5. The molecular formula is C25H28N2O2. The quantitative estimate of drug-likeness (QED) is 0.446. The number of methoxy groups -OCH3 is 1. The molecule has 0 fully saturated rings. The lowest BCUT2D eigenvalue weighted by Crippen LogP contribution is -2.41. The van der Waals surface area contributed by atoms with Gasteiger partial charge in [0.15, 0.2) is 0 Å². The number of carbonyl (C=O) groups is 1. The highest BCUT2D eigenvalue weighted by atomic mass is 16.5. The van der Waals surface area contributed by atoms with E-state index in [1.54, 1.807) is 0 Å². The molecule has 1 aliphatic heterocycles. The summed E-state index contributed by atoms with van der Waals surface area (Å²) in [6.45, 7) is 6.69. The molecular weight excluding hydrogens is 360 g/mol. The van der Waals surface area contributed by atoms with E-state index in [0.29, 0.717) is 12.5 Å². The Bertz CT molecular complexity index is 1010. The number of rotatable bonds is 7. The summed E-state index contributed by atoms with van der Waals surface area (Å²) in [4.78, 5) is 14.5. The van der Waals surface area contributed by atoms with Crippen molar-refractivity contribution in [1.29, 1.82) is 0 Å². The Labute approximate surface area is 172 Å². The van der Waals surface area contributed by atoms with Gasteiger partial charge in [0.1, 0.15) is 0 Å². The number of para-hydroxylation sites is 1. The molecule has 2 heterocycles. The van der Waals surface area contributed by atoms with Crippen molar-refractivity contribution in [1.82, 2.24) is 9.47 Å². The van der Waals surface area contributed by atoms with Crippen molar-refractivity contribution in [2.24, 2.45) is 0 Å². The fourth-order valence-electron chi connectivity index (χ4n) is 4.57. The van der Waals surface area contributed by atoms with Crippen molar-refractivity contribution in [2.75, 3.05) is 13.7 Å². The maximum atomic E-state index is 12.0. The van der Waals surface area contributed by atoms with E-state index in [1.807, 2.05) is 12.1 Å². The summed E-state index contributed by atoms with van der Waals surface area (Å²) in [5, 5.41) is 1.17. The first-order valence-electron chi connectivity index (χ1n) is 10.3. The number of hydrogen-bond donors (Lipinski definition) is 0. The Balaban J connectivity index is 1.65. The lowest BCUT2D eigenvalue weighted by atomic mass is 9.99. The molecule has 1 aliphatic rings. The fraction of sp³-hybridized carbons (Fsp3) is 0.320. The lowest BCUT2D eigenvalue weighted by Gasteiger charge is -2.35. The lowest BCUT2D eigenvalue weighted by molar-refractivity contribution is -0.139. The maximum Gasteiger partial charge on any atom is 0.310 e. The summed E-state index contributed by atoms with van der Waals surface area (Å²) in [6.07, 6.45) is 4.37. The van der Waals surface area contributed by atoms with Crippen molar-refractivity contribution >= 4 is 16.9 Å². The minimum absolute atomic E-state index is 0.177. The Kier molecular flexibility index (Phi) is 5.81. The molecule has 0 N–H and O–H groups in total. The first-order chi connectivity index (χ1) is 14.2. The van der Waals surface area contributed by atoms with Gasteiger partial charge in [-0.05, 0) is 30.0 Å². The third-order valence-corrected chi connectivity index (χ3v) is 5.96. The standard InChI is InChI=1S/C25H28N2O2/c1-3-15-26(17-19-9-5-4-6-10-19)20-13-14-24-22(16-25(28)29-2)21-11-7-8-12-23(21)27(24)18-20/h3-12,20H,1,13-18H2,2H3. The smallest absolute Gasteiger partial charge is 0.310 e. The van der Waals surface area contributed by atoms with Crippen molar-refractivity contribution in [3.63, 3.8) is 0 Å². The highest BCUT2D eigenvalue weighted by Crippen LogP contribution is 2.33. The first kappa shape index (κ1) is 19.5.